The zero-order valence-electron chi connectivity index (χ0n) is 44.0. The van der Waals surface area contributed by atoms with Crippen molar-refractivity contribution in [1.82, 2.24) is 5.32 Å². The van der Waals surface area contributed by atoms with E-state index in [1.165, 1.54) is 33.5 Å². The number of nitrogens with one attached hydrogen (secondary N) is 1. The fourth-order valence-corrected chi connectivity index (χ4v) is 9.32. The third-order valence-corrected chi connectivity index (χ3v) is 11.8. The van der Waals surface area contributed by atoms with Crippen molar-refractivity contribution < 1.29 is 29.2 Å². The number of hydrogen-bond acceptors (Lipinski definition) is 11. The summed E-state index contributed by atoms with van der Waals surface area (Å²) in [6.45, 7) is 49.3. The SMILES string of the molecule is CC.CC.CCOC(=O)CC[C@H](NCC(O)COc1c(C(C)(C)C)cc(SC(C)(C)Sc2cc(C(C)(C)C)c(C)c(C(C)(C)C)c2)cc1C(C)(C)C)C(C)OCC.CN=O.CO. The zero-order chi connectivity index (χ0) is 49.4. The molecule has 2 aromatic carbocycles. The number of ether oxygens (including phenoxy) is 3. The van der Waals surface area contributed by atoms with E-state index in [0.717, 1.165) is 24.0 Å². The fourth-order valence-electron chi connectivity index (χ4n) is 6.74. The molecular weight excluding hydrogens is 817 g/mol. The summed E-state index contributed by atoms with van der Waals surface area (Å²) in [6.07, 6.45) is -0.0326. The molecule has 0 saturated carbocycles. The molecule has 0 fully saturated rings. The Kier molecular flexibility index (Phi) is 31.2. The Bertz CT molecular complexity index is 1480. The van der Waals surface area contributed by atoms with Gasteiger partial charge >= 0.3 is 5.97 Å². The van der Waals surface area contributed by atoms with Crippen molar-refractivity contribution in [2.75, 3.05) is 40.5 Å². The standard InChI is InChI=1S/C45H75NO5S2.2C2H6.CH3NO.CH4O/c1-19-49-30(4)38(21-22-39(48)50-20-2)46-27-31(47)28-51-40-36(43(11,12)13)25-33(26-37(40)44(14,15)16)53-45(17,18)52-32-23-34(41(5,6)7)29(3)35(24-32)42(8,9)10;2*1-2;1-2-3;1-2/h23-26,30-31,38,46-47H,19-22,27-28H2,1-18H3;2*1-2H3;1H3;2H,1H3/t30?,31?,38-;;;;/m0..../s1. The van der Waals surface area contributed by atoms with Crippen LogP contribution < -0.4 is 10.1 Å². The number of carbonyl (C=O) groups is 1. The predicted octanol–water partition coefficient (Wildman–Crippen LogP) is 13.3. The quantitative estimate of drug-likeness (QED) is 0.0611. The van der Waals surface area contributed by atoms with Gasteiger partial charge in [0.25, 0.3) is 0 Å². The smallest absolute Gasteiger partial charge is 0.305 e. The molecule has 2 unspecified atom stereocenters. The van der Waals surface area contributed by atoms with Crippen molar-refractivity contribution in [3.05, 3.63) is 57.0 Å². The van der Waals surface area contributed by atoms with Crippen LogP contribution >= 0.6 is 23.5 Å². The number of esters is 1. The highest BCUT2D eigenvalue weighted by atomic mass is 32.2. The first-order valence-electron chi connectivity index (χ1n) is 22.7. The van der Waals surface area contributed by atoms with Gasteiger partial charge in [0.15, 0.2) is 0 Å². The van der Waals surface area contributed by atoms with Gasteiger partial charge in [0.1, 0.15) is 18.5 Å². The molecule has 3 N–H and O–H groups in total. The van der Waals surface area contributed by atoms with Crippen molar-refractivity contribution in [3.63, 3.8) is 0 Å². The second-order valence-electron chi connectivity index (χ2n) is 19.3. The first kappa shape index (κ1) is 64.1. The van der Waals surface area contributed by atoms with Gasteiger partial charge in [-0.05, 0) is 111 Å². The van der Waals surface area contributed by atoms with Crippen molar-refractivity contribution in [3.8, 4) is 5.75 Å². The molecule has 11 heteroatoms. The molecule has 2 aromatic rings. The maximum absolute atomic E-state index is 12.1. The summed E-state index contributed by atoms with van der Waals surface area (Å²) in [5, 5.41) is 23.9. The molecule has 0 bridgehead atoms. The summed E-state index contributed by atoms with van der Waals surface area (Å²) in [6, 6.07) is 9.31. The summed E-state index contributed by atoms with van der Waals surface area (Å²) in [7, 11) is 2.19. The Morgan fingerprint density at radius 1 is 0.726 bits per heavy atom. The van der Waals surface area contributed by atoms with E-state index in [4.69, 9.17) is 24.2 Å². The number of benzene rings is 2. The second-order valence-corrected chi connectivity index (χ2v) is 22.9. The van der Waals surface area contributed by atoms with Crippen LogP contribution in [0.5, 0.6) is 5.75 Å². The zero-order valence-corrected chi connectivity index (χ0v) is 45.6. The number of carbonyl (C=O) groups excluding carboxylic acids is 1. The highest BCUT2D eigenvalue weighted by Crippen LogP contribution is 2.50. The molecule has 2 rings (SSSR count). The molecule has 62 heavy (non-hydrogen) atoms. The molecule has 0 aliphatic carbocycles. The van der Waals surface area contributed by atoms with E-state index in [9.17, 15) is 9.90 Å². The minimum atomic E-state index is -0.760. The van der Waals surface area contributed by atoms with Gasteiger partial charge in [-0.3, -0.25) is 4.79 Å². The molecule has 362 valence electrons. The summed E-state index contributed by atoms with van der Waals surface area (Å²) in [4.78, 5) is 23.1. The number of rotatable bonds is 17. The van der Waals surface area contributed by atoms with Gasteiger partial charge in [0, 0.05) is 53.6 Å². The van der Waals surface area contributed by atoms with Crippen LogP contribution in [0.1, 0.15) is 186 Å². The molecular formula is C51H94N2O7S2. The topological polar surface area (TPSA) is 127 Å². The van der Waals surface area contributed by atoms with Gasteiger partial charge in [-0.25, -0.2) is 0 Å². The third kappa shape index (κ3) is 23.7. The summed E-state index contributed by atoms with van der Waals surface area (Å²) in [5.41, 5.74) is 6.19. The Morgan fingerprint density at radius 3 is 1.44 bits per heavy atom. The molecule has 0 aliphatic rings. The molecule has 3 atom stereocenters. The predicted molar refractivity (Wildman–Crippen MR) is 271 cm³/mol. The molecule has 0 spiro atoms. The van der Waals surface area contributed by atoms with Crippen molar-refractivity contribution in [2.45, 2.75) is 219 Å². The van der Waals surface area contributed by atoms with Gasteiger partial charge in [0.2, 0.25) is 0 Å². The average molecular weight is 911 g/mol. The summed E-state index contributed by atoms with van der Waals surface area (Å²) >= 11 is 3.83. The van der Waals surface area contributed by atoms with Crippen molar-refractivity contribution in [2.24, 2.45) is 5.18 Å². The fraction of sp³-hybridized carbons (Fsp3) is 0.745. The van der Waals surface area contributed by atoms with Gasteiger partial charge < -0.3 is 29.7 Å². The maximum atomic E-state index is 12.1. The molecule has 0 heterocycles. The Morgan fingerprint density at radius 2 is 1.10 bits per heavy atom. The van der Waals surface area contributed by atoms with E-state index < -0.39 is 6.10 Å². The monoisotopic (exact) mass is 911 g/mol. The van der Waals surface area contributed by atoms with Crippen molar-refractivity contribution in [1.29, 1.82) is 0 Å². The lowest BCUT2D eigenvalue weighted by atomic mass is 9.77. The van der Waals surface area contributed by atoms with Gasteiger partial charge in [0.05, 0.1) is 23.8 Å². The van der Waals surface area contributed by atoms with Gasteiger partial charge in [-0.2, -0.15) is 4.91 Å². The maximum Gasteiger partial charge on any atom is 0.305 e. The molecule has 9 nitrogen and oxygen atoms in total. The van der Waals surface area contributed by atoms with E-state index >= 15 is 0 Å². The summed E-state index contributed by atoms with van der Waals surface area (Å²) in [5.74, 6) is 0.628. The van der Waals surface area contributed by atoms with Crippen LogP contribution in [0, 0.1) is 11.8 Å². The number of nitroso groups, excluding NO2 is 1. The minimum Gasteiger partial charge on any atom is -0.490 e. The lowest BCUT2D eigenvalue weighted by Crippen LogP contribution is -2.44. The molecule has 0 saturated heterocycles. The van der Waals surface area contributed by atoms with Crippen LogP contribution in [-0.4, -0.2) is 79.0 Å². The van der Waals surface area contributed by atoms with Gasteiger partial charge in [-0.15, -0.1) is 23.5 Å². The Balaban J connectivity index is -0.00000359. The van der Waals surface area contributed by atoms with E-state index in [0.29, 0.717) is 32.6 Å². The largest absolute Gasteiger partial charge is 0.490 e. The van der Waals surface area contributed by atoms with Crippen LogP contribution in [0.25, 0.3) is 0 Å². The molecule has 0 aromatic heterocycles. The van der Waals surface area contributed by atoms with Crippen LogP contribution in [0.2, 0.25) is 0 Å². The normalized spacial score (nSPS) is 13.3. The summed E-state index contributed by atoms with van der Waals surface area (Å²) < 4.78 is 17.5. The van der Waals surface area contributed by atoms with E-state index in [1.807, 2.05) is 72.0 Å². The van der Waals surface area contributed by atoms with Crippen LogP contribution in [-0.2, 0) is 35.9 Å². The number of hydrogen-bond donors (Lipinski definition) is 3. The Hall–Kier alpha value is -2.15. The number of nitrogens with zero attached hydrogens (tertiary/aromatic N) is 1. The number of aliphatic hydroxyl groups is 2. The number of aliphatic hydroxyl groups excluding tert-OH is 2. The van der Waals surface area contributed by atoms with E-state index in [2.05, 4.69) is 139 Å². The second kappa shape index (κ2) is 30.1. The van der Waals surface area contributed by atoms with Gasteiger partial charge in [-0.1, -0.05) is 116 Å². The van der Waals surface area contributed by atoms with E-state index in [1.54, 1.807) is 0 Å². The van der Waals surface area contributed by atoms with Crippen molar-refractivity contribution >= 4 is 29.5 Å². The molecule has 0 radical (unpaired) electrons. The Labute approximate surface area is 389 Å². The van der Waals surface area contributed by atoms with E-state index in [-0.39, 0.29) is 50.5 Å². The lowest BCUT2D eigenvalue weighted by molar-refractivity contribution is -0.143. The minimum absolute atomic E-state index is 0.0499. The first-order chi connectivity index (χ1) is 28.5. The highest BCUT2D eigenvalue weighted by Gasteiger charge is 2.32. The number of thioether (sulfide) groups is 2. The van der Waals surface area contributed by atoms with Crippen LogP contribution in [0.4, 0.5) is 0 Å². The van der Waals surface area contributed by atoms with Crippen LogP contribution in [0.15, 0.2) is 39.2 Å². The lowest BCUT2D eigenvalue weighted by Gasteiger charge is -2.33. The highest BCUT2D eigenvalue weighted by molar-refractivity contribution is 8.18. The third-order valence-electron chi connectivity index (χ3n) is 9.40. The average Bonchev–Trinajstić information content (AvgIpc) is 3.15. The first-order valence-corrected chi connectivity index (χ1v) is 24.4. The van der Waals surface area contributed by atoms with Crippen LogP contribution in [0.3, 0.4) is 0 Å². The molecule has 0 aliphatic heterocycles. The molecule has 0 amide bonds.